The summed E-state index contributed by atoms with van der Waals surface area (Å²) in [7, 11) is -1.88. The van der Waals surface area contributed by atoms with Crippen LogP contribution in [0.1, 0.15) is 26.3 Å². The number of ether oxygens (including phenoxy) is 2. The first-order valence-corrected chi connectivity index (χ1v) is 9.87. The summed E-state index contributed by atoms with van der Waals surface area (Å²) in [5.74, 6) is 0.220. The molecule has 1 aromatic rings. The molecular weight excluding hydrogens is 344 g/mol. The van der Waals surface area contributed by atoms with E-state index in [4.69, 9.17) is 9.47 Å². The van der Waals surface area contributed by atoms with Crippen molar-refractivity contribution in [1.82, 2.24) is 9.62 Å². The Morgan fingerprint density at radius 1 is 1.20 bits per heavy atom. The Labute approximate surface area is 150 Å². The van der Waals surface area contributed by atoms with Crippen LogP contribution in [0.3, 0.4) is 0 Å². The maximum absolute atomic E-state index is 11.9. The SMILES string of the molecule is COc1ccc(CNCCN(CC(=O)OC(C)(C)C)S(C)(=O)=O)cc1. The van der Waals surface area contributed by atoms with Crippen molar-refractivity contribution in [2.24, 2.45) is 0 Å². The van der Waals surface area contributed by atoms with Gasteiger partial charge in [-0.25, -0.2) is 8.42 Å². The van der Waals surface area contributed by atoms with Gasteiger partial charge >= 0.3 is 5.97 Å². The molecule has 1 aromatic carbocycles. The van der Waals surface area contributed by atoms with E-state index in [1.54, 1.807) is 27.9 Å². The van der Waals surface area contributed by atoms with E-state index >= 15 is 0 Å². The lowest BCUT2D eigenvalue weighted by atomic mass is 10.2. The Bertz CT molecular complexity index is 651. The maximum Gasteiger partial charge on any atom is 0.321 e. The predicted molar refractivity (Wildman–Crippen MR) is 97.0 cm³/mol. The van der Waals surface area contributed by atoms with Gasteiger partial charge in [0.1, 0.15) is 17.9 Å². The van der Waals surface area contributed by atoms with Crippen molar-refractivity contribution in [3.8, 4) is 5.75 Å². The summed E-state index contributed by atoms with van der Waals surface area (Å²) in [4.78, 5) is 11.9. The molecule has 0 saturated carbocycles. The third-order valence-corrected chi connectivity index (χ3v) is 4.47. The highest BCUT2D eigenvalue weighted by Crippen LogP contribution is 2.11. The molecular formula is C17H28N2O5S. The first-order valence-electron chi connectivity index (χ1n) is 8.02. The second-order valence-corrected chi connectivity index (χ2v) is 8.69. The van der Waals surface area contributed by atoms with Gasteiger partial charge in [0.05, 0.1) is 13.4 Å². The van der Waals surface area contributed by atoms with E-state index in [-0.39, 0.29) is 13.1 Å². The van der Waals surface area contributed by atoms with Gasteiger partial charge in [0.15, 0.2) is 0 Å². The Balaban J connectivity index is 2.49. The molecule has 0 aliphatic heterocycles. The van der Waals surface area contributed by atoms with Gasteiger partial charge in [-0.1, -0.05) is 12.1 Å². The summed E-state index contributed by atoms with van der Waals surface area (Å²) in [6.07, 6.45) is 1.08. The minimum atomic E-state index is -3.49. The molecule has 0 amide bonds. The van der Waals surface area contributed by atoms with E-state index in [9.17, 15) is 13.2 Å². The average molecular weight is 372 g/mol. The van der Waals surface area contributed by atoms with Crippen molar-refractivity contribution in [2.45, 2.75) is 32.9 Å². The number of esters is 1. The molecule has 0 aromatic heterocycles. The Morgan fingerprint density at radius 3 is 2.28 bits per heavy atom. The number of rotatable bonds is 9. The van der Waals surface area contributed by atoms with E-state index in [0.717, 1.165) is 21.9 Å². The normalized spacial score (nSPS) is 12.2. The van der Waals surface area contributed by atoms with Crippen molar-refractivity contribution in [2.75, 3.05) is 33.0 Å². The lowest BCUT2D eigenvalue weighted by Gasteiger charge is -2.23. The highest BCUT2D eigenvalue weighted by molar-refractivity contribution is 7.88. The number of nitrogens with zero attached hydrogens (tertiary/aromatic N) is 1. The van der Waals surface area contributed by atoms with E-state index < -0.39 is 21.6 Å². The smallest absolute Gasteiger partial charge is 0.321 e. The van der Waals surface area contributed by atoms with Crippen LogP contribution in [0.5, 0.6) is 5.75 Å². The molecule has 0 heterocycles. The fourth-order valence-corrected chi connectivity index (χ4v) is 2.82. The topological polar surface area (TPSA) is 84.9 Å². The number of sulfonamides is 1. The fraction of sp³-hybridized carbons (Fsp3) is 0.588. The zero-order chi connectivity index (χ0) is 19.1. The number of carbonyl (C=O) groups excluding carboxylic acids is 1. The first-order chi connectivity index (χ1) is 11.5. The maximum atomic E-state index is 11.9. The molecule has 0 atom stereocenters. The van der Waals surface area contributed by atoms with E-state index in [1.165, 1.54) is 0 Å². The molecule has 0 saturated heterocycles. The molecule has 0 spiro atoms. The Morgan fingerprint density at radius 2 is 1.80 bits per heavy atom. The Hall–Kier alpha value is -1.64. The minimum Gasteiger partial charge on any atom is -0.497 e. The van der Waals surface area contributed by atoms with Crippen LogP contribution in [0.4, 0.5) is 0 Å². The first kappa shape index (κ1) is 21.4. The van der Waals surface area contributed by atoms with Crippen LogP contribution in [0.2, 0.25) is 0 Å². The molecule has 0 aliphatic rings. The van der Waals surface area contributed by atoms with Gasteiger partial charge in [-0.2, -0.15) is 4.31 Å². The monoisotopic (exact) mass is 372 g/mol. The third kappa shape index (κ3) is 8.85. The predicted octanol–water partition coefficient (Wildman–Crippen LogP) is 1.39. The molecule has 0 bridgehead atoms. The molecule has 0 radical (unpaired) electrons. The standard InChI is InChI=1S/C17H28N2O5S/c1-17(2,3)24-16(20)13-19(25(5,21)22)11-10-18-12-14-6-8-15(23-4)9-7-14/h6-9,18H,10-13H2,1-5H3. The zero-order valence-electron chi connectivity index (χ0n) is 15.5. The molecule has 0 fully saturated rings. The average Bonchev–Trinajstić information content (AvgIpc) is 2.48. The molecule has 1 rings (SSSR count). The van der Waals surface area contributed by atoms with Gasteiger partial charge in [-0.05, 0) is 38.5 Å². The van der Waals surface area contributed by atoms with Gasteiger partial charge in [-0.3, -0.25) is 4.79 Å². The van der Waals surface area contributed by atoms with Crippen LogP contribution in [-0.2, 0) is 26.1 Å². The lowest BCUT2D eigenvalue weighted by molar-refractivity contribution is -0.154. The molecule has 0 aliphatic carbocycles. The highest BCUT2D eigenvalue weighted by atomic mass is 32.2. The number of hydrogen-bond acceptors (Lipinski definition) is 6. The van der Waals surface area contributed by atoms with E-state index in [2.05, 4.69) is 5.32 Å². The second kappa shape index (κ2) is 9.17. The zero-order valence-corrected chi connectivity index (χ0v) is 16.4. The van der Waals surface area contributed by atoms with Crippen molar-refractivity contribution >= 4 is 16.0 Å². The van der Waals surface area contributed by atoms with Crippen LogP contribution in [0.15, 0.2) is 24.3 Å². The van der Waals surface area contributed by atoms with Crippen LogP contribution >= 0.6 is 0 Å². The summed E-state index contributed by atoms with van der Waals surface area (Å²) in [6, 6.07) is 7.59. The van der Waals surface area contributed by atoms with Crippen LogP contribution in [-0.4, -0.2) is 57.3 Å². The van der Waals surface area contributed by atoms with Gasteiger partial charge in [0.2, 0.25) is 10.0 Å². The van der Waals surface area contributed by atoms with E-state index in [1.807, 2.05) is 24.3 Å². The summed E-state index contributed by atoms with van der Waals surface area (Å²) < 4.78 is 35.1. The largest absolute Gasteiger partial charge is 0.497 e. The van der Waals surface area contributed by atoms with Gasteiger partial charge in [0.25, 0.3) is 0 Å². The van der Waals surface area contributed by atoms with Gasteiger partial charge < -0.3 is 14.8 Å². The molecule has 25 heavy (non-hydrogen) atoms. The highest BCUT2D eigenvalue weighted by Gasteiger charge is 2.23. The number of hydrogen-bond donors (Lipinski definition) is 1. The second-order valence-electron chi connectivity index (χ2n) is 6.71. The number of nitrogens with one attached hydrogen (secondary N) is 1. The Kier molecular flexibility index (Phi) is 7.85. The molecule has 1 N–H and O–H groups in total. The van der Waals surface area contributed by atoms with Gasteiger partial charge in [0, 0.05) is 19.6 Å². The summed E-state index contributed by atoms with van der Waals surface area (Å²) >= 11 is 0. The number of carbonyl (C=O) groups is 1. The lowest BCUT2D eigenvalue weighted by Crippen LogP contribution is -2.41. The van der Waals surface area contributed by atoms with E-state index in [0.29, 0.717) is 13.1 Å². The summed E-state index contributed by atoms with van der Waals surface area (Å²) in [5, 5.41) is 3.16. The van der Waals surface area contributed by atoms with Crippen molar-refractivity contribution < 1.29 is 22.7 Å². The van der Waals surface area contributed by atoms with Crippen molar-refractivity contribution in [3.63, 3.8) is 0 Å². The fourth-order valence-electron chi connectivity index (χ4n) is 2.06. The quantitative estimate of drug-likeness (QED) is 0.521. The summed E-state index contributed by atoms with van der Waals surface area (Å²) in [5.41, 5.74) is 0.409. The number of benzene rings is 1. The van der Waals surface area contributed by atoms with Gasteiger partial charge in [-0.15, -0.1) is 0 Å². The molecule has 7 nitrogen and oxygen atoms in total. The number of methoxy groups -OCH3 is 1. The van der Waals surface area contributed by atoms with Crippen molar-refractivity contribution in [1.29, 1.82) is 0 Å². The molecule has 142 valence electrons. The minimum absolute atomic E-state index is 0.189. The van der Waals surface area contributed by atoms with Crippen LogP contribution in [0.25, 0.3) is 0 Å². The summed E-state index contributed by atoms with van der Waals surface area (Å²) in [6.45, 7) is 6.13. The molecule has 0 unspecified atom stereocenters. The van der Waals surface area contributed by atoms with Crippen LogP contribution in [0, 0.1) is 0 Å². The molecule has 8 heteroatoms. The van der Waals surface area contributed by atoms with Crippen LogP contribution < -0.4 is 10.1 Å². The third-order valence-electron chi connectivity index (χ3n) is 3.22. The van der Waals surface area contributed by atoms with Crippen molar-refractivity contribution in [3.05, 3.63) is 29.8 Å².